The minimum Gasteiger partial charge on any atom is -0.347 e. The predicted molar refractivity (Wildman–Crippen MR) is 106 cm³/mol. The quantitative estimate of drug-likeness (QED) is 0.663. The molecule has 0 radical (unpaired) electrons. The van der Waals surface area contributed by atoms with Gasteiger partial charge in [-0.05, 0) is 43.9 Å². The molecule has 1 aromatic carbocycles. The van der Waals surface area contributed by atoms with E-state index in [1.165, 1.54) is 0 Å². The molecule has 1 saturated heterocycles. The lowest BCUT2D eigenvalue weighted by Gasteiger charge is -2.30. The number of alkyl halides is 3. The van der Waals surface area contributed by atoms with Crippen molar-refractivity contribution in [2.75, 3.05) is 13.1 Å². The maximum Gasteiger partial charge on any atom is 0.417 e. The Morgan fingerprint density at radius 2 is 1.91 bits per heavy atom. The zero-order chi connectivity index (χ0) is 23.1. The van der Waals surface area contributed by atoms with Gasteiger partial charge in [0.25, 0.3) is 0 Å². The van der Waals surface area contributed by atoms with Crippen LogP contribution in [-0.2, 0) is 27.5 Å². The number of sulfonamides is 1. The lowest BCUT2D eigenvalue weighted by Crippen LogP contribution is -2.42. The summed E-state index contributed by atoms with van der Waals surface area (Å²) >= 11 is 5.58. The summed E-state index contributed by atoms with van der Waals surface area (Å²) < 4.78 is 71.1. The lowest BCUT2D eigenvalue weighted by atomic mass is 9.97. The van der Waals surface area contributed by atoms with E-state index in [0.29, 0.717) is 23.7 Å². The van der Waals surface area contributed by atoms with Gasteiger partial charge in [0.05, 0.1) is 22.0 Å². The van der Waals surface area contributed by atoms with Crippen molar-refractivity contribution < 1.29 is 30.9 Å². The SMILES string of the molecule is O=C(NCc1nc(C2CC2)no1)C1CCN(S(=O)(=O)c2ccc(Cl)c(C(F)(F)F)c2)CC1. The van der Waals surface area contributed by atoms with Crippen LogP contribution in [0.1, 0.15) is 48.9 Å². The van der Waals surface area contributed by atoms with Crippen LogP contribution < -0.4 is 5.32 Å². The molecule has 1 aliphatic heterocycles. The highest BCUT2D eigenvalue weighted by Crippen LogP contribution is 2.38. The molecule has 4 rings (SSSR count). The second kappa shape index (κ2) is 8.64. The molecule has 13 heteroatoms. The van der Waals surface area contributed by atoms with Gasteiger partial charge in [-0.2, -0.15) is 22.5 Å². The number of hydrogen-bond acceptors (Lipinski definition) is 6. The van der Waals surface area contributed by atoms with Gasteiger partial charge in [-0.1, -0.05) is 16.8 Å². The summed E-state index contributed by atoms with van der Waals surface area (Å²) in [5.74, 6) is 0.594. The molecule has 1 aromatic heterocycles. The fourth-order valence-corrected chi connectivity index (χ4v) is 5.26. The smallest absolute Gasteiger partial charge is 0.347 e. The molecule has 32 heavy (non-hydrogen) atoms. The molecule has 2 aromatic rings. The highest BCUT2D eigenvalue weighted by Gasteiger charge is 2.37. The number of hydrogen-bond donors (Lipinski definition) is 1. The Morgan fingerprint density at radius 3 is 2.53 bits per heavy atom. The second-order valence-corrected chi connectivity index (χ2v) is 10.2. The summed E-state index contributed by atoms with van der Waals surface area (Å²) in [6.45, 7) is 0.107. The highest BCUT2D eigenvalue weighted by molar-refractivity contribution is 7.89. The molecule has 2 aliphatic rings. The van der Waals surface area contributed by atoms with E-state index in [1.54, 1.807) is 0 Å². The topological polar surface area (TPSA) is 105 Å². The largest absolute Gasteiger partial charge is 0.417 e. The minimum atomic E-state index is -4.77. The molecule has 0 atom stereocenters. The van der Waals surface area contributed by atoms with Crippen molar-refractivity contribution in [3.8, 4) is 0 Å². The number of aromatic nitrogens is 2. The second-order valence-electron chi connectivity index (χ2n) is 7.86. The van der Waals surface area contributed by atoms with Gasteiger partial charge in [0, 0.05) is 24.9 Å². The molecule has 1 aliphatic carbocycles. The van der Waals surface area contributed by atoms with E-state index in [1.807, 2.05) is 0 Å². The van der Waals surface area contributed by atoms with Crippen molar-refractivity contribution in [2.24, 2.45) is 5.92 Å². The third-order valence-corrected chi connectivity index (χ3v) is 7.77. The van der Waals surface area contributed by atoms with Crippen molar-refractivity contribution in [1.29, 1.82) is 0 Å². The van der Waals surface area contributed by atoms with Crippen molar-refractivity contribution >= 4 is 27.5 Å². The number of nitrogens with one attached hydrogen (secondary N) is 1. The zero-order valence-corrected chi connectivity index (χ0v) is 18.3. The summed E-state index contributed by atoms with van der Waals surface area (Å²) in [7, 11) is -4.16. The van der Waals surface area contributed by atoms with Gasteiger partial charge in [-0.15, -0.1) is 0 Å². The summed E-state index contributed by atoms with van der Waals surface area (Å²) in [4.78, 5) is 16.2. The number of carbonyl (C=O) groups is 1. The molecule has 2 heterocycles. The Balaban J connectivity index is 1.34. The minimum absolute atomic E-state index is 0.0107. The van der Waals surface area contributed by atoms with Crippen molar-refractivity contribution in [3.05, 3.63) is 40.5 Å². The molecular formula is C19H20ClF3N4O4S. The fraction of sp³-hybridized carbons (Fsp3) is 0.526. The van der Waals surface area contributed by atoms with E-state index in [-0.39, 0.29) is 38.4 Å². The predicted octanol–water partition coefficient (Wildman–Crippen LogP) is 3.34. The van der Waals surface area contributed by atoms with Crippen LogP contribution in [0.15, 0.2) is 27.6 Å². The Hall–Kier alpha value is -2.18. The lowest BCUT2D eigenvalue weighted by molar-refractivity contribution is -0.137. The van der Waals surface area contributed by atoms with Gasteiger partial charge in [0.2, 0.25) is 21.8 Å². The standard InChI is InChI=1S/C19H20ClF3N4O4S/c20-15-4-3-13(9-14(15)19(21,22)23)32(29,30)27-7-5-12(6-8-27)18(28)24-10-16-25-17(26-31-16)11-1-2-11/h3-4,9,11-12H,1-2,5-8,10H2,(H,24,28). The third-order valence-electron chi connectivity index (χ3n) is 5.55. The number of rotatable bonds is 6. The number of halogens is 4. The van der Waals surface area contributed by atoms with Crippen molar-refractivity contribution in [1.82, 2.24) is 19.8 Å². The third kappa shape index (κ3) is 4.91. The summed E-state index contributed by atoms with van der Waals surface area (Å²) in [5.41, 5.74) is -1.21. The molecule has 0 spiro atoms. The van der Waals surface area contributed by atoms with Gasteiger partial charge < -0.3 is 9.84 Å². The van der Waals surface area contributed by atoms with Gasteiger partial charge in [-0.3, -0.25) is 4.79 Å². The molecular weight excluding hydrogens is 473 g/mol. The Labute approximate surface area is 187 Å². The molecule has 2 fully saturated rings. The van der Waals surface area contributed by atoms with Crippen LogP contribution in [0, 0.1) is 5.92 Å². The monoisotopic (exact) mass is 492 g/mol. The Morgan fingerprint density at radius 1 is 1.22 bits per heavy atom. The van der Waals surface area contributed by atoms with Crippen molar-refractivity contribution in [2.45, 2.75) is 49.2 Å². The Kier molecular flexibility index (Phi) is 6.21. The molecule has 0 unspecified atom stereocenters. The molecule has 8 nitrogen and oxygen atoms in total. The van der Waals surface area contributed by atoms with Gasteiger partial charge >= 0.3 is 6.18 Å². The van der Waals surface area contributed by atoms with Crippen LogP contribution >= 0.6 is 11.6 Å². The van der Waals surface area contributed by atoms with Gasteiger partial charge in [-0.25, -0.2) is 8.42 Å². The van der Waals surface area contributed by atoms with Crippen LogP contribution in [0.5, 0.6) is 0 Å². The van der Waals surface area contributed by atoms with E-state index in [9.17, 15) is 26.4 Å². The fourth-order valence-electron chi connectivity index (χ4n) is 3.54. The normalized spacial score (nSPS) is 18.6. The zero-order valence-electron chi connectivity index (χ0n) is 16.7. The molecule has 0 bridgehead atoms. The van der Waals surface area contributed by atoms with Crippen molar-refractivity contribution in [3.63, 3.8) is 0 Å². The van der Waals surface area contributed by atoms with Crippen LogP contribution in [-0.4, -0.2) is 41.9 Å². The summed E-state index contributed by atoms with van der Waals surface area (Å²) in [6.07, 6.45) is -2.24. The van der Waals surface area contributed by atoms with Crippen LogP contribution in [0.2, 0.25) is 5.02 Å². The molecule has 1 saturated carbocycles. The van der Waals surface area contributed by atoms with Crippen LogP contribution in [0.25, 0.3) is 0 Å². The Bertz CT molecular complexity index is 1110. The summed E-state index contributed by atoms with van der Waals surface area (Å²) in [5, 5.41) is 6.01. The highest BCUT2D eigenvalue weighted by atomic mass is 35.5. The van der Waals surface area contributed by atoms with Crippen LogP contribution in [0.3, 0.4) is 0 Å². The number of benzene rings is 1. The van der Waals surface area contributed by atoms with Crippen LogP contribution in [0.4, 0.5) is 13.2 Å². The first kappa shape index (κ1) is 23.0. The van der Waals surface area contributed by atoms with Gasteiger partial charge in [0.15, 0.2) is 5.82 Å². The van der Waals surface area contributed by atoms with E-state index >= 15 is 0 Å². The molecule has 1 amide bonds. The molecule has 1 N–H and O–H groups in total. The maximum atomic E-state index is 13.1. The number of nitrogens with zero attached hydrogens (tertiary/aromatic N) is 3. The number of carbonyl (C=O) groups excluding carboxylic acids is 1. The average molecular weight is 493 g/mol. The van der Waals surface area contributed by atoms with E-state index in [2.05, 4.69) is 15.5 Å². The molecule has 174 valence electrons. The van der Waals surface area contributed by atoms with E-state index in [0.717, 1.165) is 29.3 Å². The number of amides is 1. The van der Waals surface area contributed by atoms with Gasteiger partial charge in [0.1, 0.15) is 0 Å². The first-order valence-corrected chi connectivity index (χ1v) is 11.8. The van der Waals surface area contributed by atoms with E-state index in [4.69, 9.17) is 16.1 Å². The average Bonchev–Trinajstić information content (AvgIpc) is 3.49. The first-order valence-electron chi connectivity index (χ1n) is 10.0. The number of piperidine rings is 1. The summed E-state index contributed by atoms with van der Waals surface area (Å²) in [6, 6.07) is 2.51. The first-order chi connectivity index (χ1) is 15.1. The van der Waals surface area contributed by atoms with E-state index < -0.39 is 37.6 Å². The maximum absolute atomic E-state index is 13.1.